The number of hydrogen-bond donors (Lipinski definition) is 0. The van der Waals surface area contributed by atoms with Gasteiger partial charge in [-0.1, -0.05) is 24.3 Å². The van der Waals surface area contributed by atoms with E-state index in [9.17, 15) is 4.79 Å². The van der Waals surface area contributed by atoms with Crippen molar-refractivity contribution in [2.24, 2.45) is 5.92 Å². The van der Waals surface area contributed by atoms with Gasteiger partial charge in [-0.3, -0.25) is 9.69 Å². The monoisotopic (exact) mass is 335 g/mol. The number of likely N-dealkylation sites (N-methyl/N-ethyl adjacent to an activating group) is 1. The van der Waals surface area contributed by atoms with Crippen LogP contribution in [0.25, 0.3) is 16.5 Å². The van der Waals surface area contributed by atoms with Gasteiger partial charge in [-0.15, -0.1) is 0 Å². The Hall–Kier alpha value is -2.07. The van der Waals surface area contributed by atoms with Gasteiger partial charge >= 0.3 is 0 Å². The van der Waals surface area contributed by atoms with Crippen LogP contribution in [0.5, 0.6) is 0 Å². The van der Waals surface area contributed by atoms with Gasteiger partial charge < -0.3 is 9.47 Å². The maximum Gasteiger partial charge on any atom is 0.230 e. The Morgan fingerprint density at radius 1 is 1.08 bits per heavy atom. The number of nitrogens with zero attached hydrogens (tertiary/aromatic N) is 3. The molecule has 130 valence electrons. The van der Waals surface area contributed by atoms with E-state index >= 15 is 0 Å². The van der Waals surface area contributed by atoms with E-state index in [1.807, 2.05) is 0 Å². The van der Waals surface area contributed by atoms with Crippen LogP contribution in [0.4, 0.5) is 0 Å². The molecule has 0 N–H and O–H groups in total. The van der Waals surface area contributed by atoms with Crippen LogP contribution < -0.4 is 0 Å². The minimum Gasteiger partial charge on any atom is -0.345 e. The number of carbonyl (C=O) groups excluding carboxylic acids is 1. The number of carbonyl (C=O) groups is 1. The molecule has 4 heterocycles. The van der Waals surface area contributed by atoms with Gasteiger partial charge in [-0.2, -0.15) is 0 Å². The molecule has 3 aliphatic rings. The Kier molecular flexibility index (Phi) is 3.49. The quantitative estimate of drug-likeness (QED) is 0.801. The molecular weight excluding hydrogens is 310 g/mol. The molecule has 0 radical (unpaired) electrons. The number of benzene rings is 1. The Balaban J connectivity index is 1.55. The Bertz CT molecular complexity index is 859. The first-order valence-corrected chi connectivity index (χ1v) is 9.51. The summed E-state index contributed by atoms with van der Waals surface area (Å²) in [6, 6.07) is 9.11. The van der Waals surface area contributed by atoms with E-state index in [0.29, 0.717) is 11.9 Å². The zero-order valence-electron chi connectivity index (χ0n) is 14.8. The maximum absolute atomic E-state index is 13.1. The van der Waals surface area contributed by atoms with Gasteiger partial charge in [-0.25, -0.2) is 0 Å². The molecule has 0 aliphatic carbocycles. The number of amides is 1. The number of para-hydroxylation sites is 1. The van der Waals surface area contributed by atoms with E-state index in [2.05, 4.69) is 58.0 Å². The Morgan fingerprint density at radius 3 is 2.76 bits per heavy atom. The molecule has 2 aromatic rings. The zero-order chi connectivity index (χ0) is 17.0. The van der Waals surface area contributed by atoms with Crippen LogP contribution in [0.2, 0.25) is 0 Å². The molecule has 0 spiro atoms. The third-order valence-corrected chi connectivity index (χ3v) is 6.21. The summed E-state index contributed by atoms with van der Waals surface area (Å²) < 4.78 is 2.37. The van der Waals surface area contributed by atoms with Crippen molar-refractivity contribution in [2.75, 3.05) is 26.7 Å². The second-order valence-corrected chi connectivity index (χ2v) is 7.78. The summed E-state index contributed by atoms with van der Waals surface area (Å²) in [4.78, 5) is 17.5. The number of hydrogen-bond acceptors (Lipinski definition) is 2. The molecule has 1 amide bonds. The van der Waals surface area contributed by atoms with Crippen molar-refractivity contribution in [1.29, 1.82) is 0 Å². The van der Waals surface area contributed by atoms with Gasteiger partial charge in [-0.05, 0) is 37.9 Å². The van der Waals surface area contributed by atoms with Crippen molar-refractivity contribution >= 4 is 22.4 Å². The zero-order valence-corrected chi connectivity index (χ0v) is 14.8. The third kappa shape index (κ3) is 2.35. The maximum atomic E-state index is 13.1. The fourth-order valence-corrected chi connectivity index (χ4v) is 4.89. The lowest BCUT2D eigenvalue weighted by Gasteiger charge is -2.41. The minimum atomic E-state index is -0.00822. The smallest absolute Gasteiger partial charge is 0.230 e. The summed E-state index contributed by atoms with van der Waals surface area (Å²) in [5.41, 5.74) is 3.98. The lowest BCUT2D eigenvalue weighted by atomic mass is 9.85. The van der Waals surface area contributed by atoms with Crippen molar-refractivity contribution < 1.29 is 4.79 Å². The molecule has 25 heavy (non-hydrogen) atoms. The van der Waals surface area contributed by atoms with Gasteiger partial charge in [0.1, 0.15) is 0 Å². The molecule has 0 saturated carbocycles. The van der Waals surface area contributed by atoms with Crippen LogP contribution in [0.15, 0.2) is 36.5 Å². The van der Waals surface area contributed by atoms with Crippen LogP contribution >= 0.6 is 0 Å². The van der Waals surface area contributed by atoms with Gasteiger partial charge in [0, 0.05) is 43.3 Å². The molecule has 1 saturated heterocycles. The van der Waals surface area contributed by atoms with Crippen molar-refractivity contribution in [1.82, 2.24) is 14.4 Å². The number of likely N-dealkylation sites (tertiary alicyclic amines) is 1. The highest BCUT2D eigenvalue weighted by molar-refractivity contribution is 5.96. The average Bonchev–Trinajstić information content (AvgIpc) is 3.07. The highest BCUT2D eigenvalue weighted by Crippen LogP contribution is 2.38. The second kappa shape index (κ2) is 5.73. The minimum absolute atomic E-state index is 0.00822. The highest BCUT2D eigenvalue weighted by atomic mass is 16.2. The van der Waals surface area contributed by atoms with Crippen LogP contribution in [0.1, 0.15) is 24.8 Å². The first-order chi connectivity index (χ1) is 12.2. The third-order valence-electron chi connectivity index (χ3n) is 6.21. The van der Waals surface area contributed by atoms with E-state index < -0.39 is 0 Å². The fourth-order valence-electron chi connectivity index (χ4n) is 4.89. The molecular formula is C21H25N3O. The number of rotatable bonds is 1. The fraction of sp³-hybridized carbons (Fsp3) is 0.476. The van der Waals surface area contributed by atoms with Gasteiger partial charge in [0.15, 0.2) is 0 Å². The lowest BCUT2D eigenvalue weighted by Crippen LogP contribution is -2.49. The van der Waals surface area contributed by atoms with Crippen LogP contribution in [-0.2, 0) is 11.3 Å². The summed E-state index contributed by atoms with van der Waals surface area (Å²) in [7, 11) is 2.17. The van der Waals surface area contributed by atoms with E-state index in [1.165, 1.54) is 28.5 Å². The number of piperidine rings is 1. The lowest BCUT2D eigenvalue weighted by molar-refractivity contribution is -0.135. The summed E-state index contributed by atoms with van der Waals surface area (Å²) in [6.07, 6.45) is 8.05. The van der Waals surface area contributed by atoms with Crippen molar-refractivity contribution in [3.05, 3.63) is 42.1 Å². The molecule has 5 rings (SSSR count). The molecule has 1 aromatic carbocycles. The van der Waals surface area contributed by atoms with Crippen LogP contribution in [0.3, 0.4) is 0 Å². The standard InChI is InChI=1S/C21H25N3O/c1-22-13-16(21(25)23-9-3-2-4-10-23)12-18-17-7-5-6-15-8-11-24(20(15)17)14-19(18)22/h5-8,11-12,16,19H,2-4,9-10,13-14H2,1H3. The number of fused-ring (bicyclic) bond motifs is 2. The molecule has 1 fully saturated rings. The second-order valence-electron chi connectivity index (χ2n) is 7.78. The number of aromatic nitrogens is 1. The topological polar surface area (TPSA) is 28.5 Å². The summed E-state index contributed by atoms with van der Waals surface area (Å²) in [5, 5.41) is 1.30. The summed E-state index contributed by atoms with van der Waals surface area (Å²) >= 11 is 0. The Labute approximate surface area is 148 Å². The molecule has 0 bridgehead atoms. The average molecular weight is 335 g/mol. The molecule has 2 atom stereocenters. The summed E-state index contributed by atoms with van der Waals surface area (Å²) in [5.74, 6) is 0.316. The molecule has 2 unspecified atom stereocenters. The van der Waals surface area contributed by atoms with Crippen molar-refractivity contribution in [3.63, 3.8) is 0 Å². The van der Waals surface area contributed by atoms with Gasteiger partial charge in [0.2, 0.25) is 5.91 Å². The molecule has 4 nitrogen and oxygen atoms in total. The van der Waals surface area contributed by atoms with E-state index in [4.69, 9.17) is 0 Å². The summed E-state index contributed by atoms with van der Waals surface area (Å²) in [6.45, 7) is 3.68. The van der Waals surface area contributed by atoms with Gasteiger partial charge in [0.05, 0.1) is 17.5 Å². The first-order valence-electron chi connectivity index (χ1n) is 9.51. The van der Waals surface area contributed by atoms with Crippen molar-refractivity contribution in [2.45, 2.75) is 31.8 Å². The molecule has 1 aromatic heterocycles. The first kappa shape index (κ1) is 15.2. The van der Waals surface area contributed by atoms with Crippen LogP contribution in [-0.4, -0.2) is 53.0 Å². The molecule has 3 aliphatic heterocycles. The highest BCUT2D eigenvalue weighted by Gasteiger charge is 2.36. The van der Waals surface area contributed by atoms with Crippen molar-refractivity contribution in [3.8, 4) is 0 Å². The predicted molar refractivity (Wildman–Crippen MR) is 100 cm³/mol. The Morgan fingerprint density at radius 2 is 1.92 bits per heavy atom. The van der Waals surface area contributed by atoms with E-state index in [1.54, 1.807) is 0 Å². The molecule has 4 heteroatoms. The van der Waals surface area contributed by atoms with Gasteiger partial charge in [0.25, 0.3) is 0 Å². The van der Waals surface area contributed by atoms with Crippen LogP contribution in [0, 0.1) is 5.92 Å². The van der Waals surface area contributed by atoms with E-state index in [0.717, 1.165) is 39.0 Å². The van der Waals surface area contributed by atoms with E-state index in [-0.39, 0.29) is 5.92 Å². The normalized spacial score (nSPS) is 26.4. The largest absolute Gasteiger partial charge is 0.345 e. The predicted octanol–water partition coefficient (Wildman–Crippen LogP) is 2.98. The SMILES string of the molecule is CN1CC(C(=O)N2CCCCC2)C=C2c3cccc4ccn(c34)CC21.